The average molecular weight is 685 g/mol. The minimum atomic E-state index is 0.284. The molecule has 0 spiro atoms. The lowest BCUT2D eigenvalue weighted by Crippen LogP contribution is -2.42. The summed E-state index contributed by atoms with van der Waals surface area (Å²) in [4.78, 5) is 15.6. The molecule has 2 unspecified atom stereocenters. The fourth-order valence-corrected chi connectivity index (χ4v) is 12.4. The highest BCUT2D eigenvalue weighted by Gasteiger charge is 2.46. The van der Waals surface area contributed by atoms with E-state index in [9.17, 15) is 5.26 Å². The van der Waals surface area contributed by atoms with Gasteiger partial charge in [-0.3, -0.25) is 0 Å². The van der Waals surface area contributed by atoms with Crippen LogP contribution in [0.4, 0.5) is 0 Å². The monoisotopic (exact) mass is 684 g/mol. The lowest BCUT2D eigenvalue weighted by Gasteiger charge is -2.50. The summed E-state index contributed by atoms with van der Waals surface area (Å²) < 4.78 is 0. The van der Waals surface area contributed by atoms with E-state index < -0.39 is 0 Å². The third-order valence-electron chi connectivity index (χ3n) is 13.7. The van der Waals surface area contributed by atoms with Crippen molar-refractivity contribution in [2.75, 3.05) is 0 Å². The van der Waals surface area contributed by atoms with Gasteiger partial charge in [0.25, 0.3) is 0 Å². The molecule has 264 valence electrons. The molecule has 0 amide bonds. The van der Waals surface area contributed by atoms with Crippen LogP contribution in [0.5, 0.6) is 0 Å². The standard InChI is InChI=1S/C48H52N4/c1-30-18-35-19-31(2)24-47(23-30,27-35)40-13-9-37(10-14-40)44-50-45(52-46(51-44)43-7-5-6-39-22-34(29-49)8-17-42(39)43)38-11-15-41(16-12-38)48-25-32(3)20-36(28-48)21-33(4)26-48/h5-17,22,30-33,35-36H,18-21,23-28H2,1-4H3/t30-,31+,32-,33+,35-,36-,47?,48?. The van der Waals surface area contributed by atoms with Crippen LogP contribution >= 0.6 is 0 Å². The first-order valence-corrected chi connectivity index (χ1v) is 20.1. The Kier molecular flexibility index (Phi) is 8.33. The summed E-state index contributed by atoms with van der Waals surface area (Å²) in [5.74, 6) is 6.88. The molecule has 4 fully saturated rings. The van der Waals surface area contributed by atoms with Crippen molar-refractivity contribution in [3.05, 3.63) is 102 Å². The van der Waals surface area contributed by atoms with Gasteiger partial charge in [0.2, 0.25) is 0 Å². The number of hydrogen-bond donors (Lipinski definition) is 0. The van der Waals surface area contributed by atoms with Crippen molar-refractivity contribution in [3.63, 3.8) is 0 Å². The molecule has 0 saturated heterocycles. The second-order valence-electron chi connectivity index (χ2n) is 18.2. The molecule has 9 rings (SSSR count). The molecule has 5 aromatic rings. The molecule has 4 aliphatic carbocycles. The van der Waals surface area contributed by atoms with Gasteiger partial charge in [0.1, 0.15) is 0 Å². The van der Waals surface area contributed by atoms with Crippen LogP contribution < -0.4 is 0 Å². The Bertz CT molecular complexity index is 2020. The highest BCUT2D eigenvalue weighted by Crippen LogP contribution is 2.55. The molecule has 4 heteroatoms. The predicted octanol–water partition coefficient (Wildman–Crippen LogP) is 12.1. The van der Waals surface area contributed by atoms with E-state index in [1.54, 1.807) is 0 Å². The van der Waals surface area contributed by atoms with E-state index >= 15 is 0 Å². The van der Waals surface area contributed by atoms with Crippen molar-refractivity contribution in [2.45, 2.75) is 103 Å². The molecule has 8 atom stereocenters. The third kappa shape index (κ3) is 6.05. The Labute approximate surface area is 310 Å². The van der Waals surface area contributed by atoms with E-state index in [-0.39, 0.29) is 10.8 Å². The van der Waals surface area contributed by atoms with E-state index in [2.05, 4.69) is 94.4 Å². The van der Waals surface area contributed by atoms with Crippen LogP contribution in [-0.4, -0.2) is 15.0 Å². The Morgan fingerprint density at radius 2 is 1.00 bits per heavy atom. The summed E-state index contributed by atoms with van der Waals surface area (Å²) >= 11 is 0. The Morgan fingerprint density at radius 1 is 0.538 bits per heavy atom. The van der Waals surface area contributed by atoms with Gasteiger partial charge in [-0.2, -0.15) is 5.26 Å². The van der Waals surface area contributed by atoms with Crippen molar-refractivity contribution >= 4 is 10.8 Å². The Hall–Kier alpha value is -4.36. The Morgan fingerprint density at radius 3 is 1.46 bits per heavy atom. The molecule has 0 aliphatic heterocycles. The summed E-state index contributed by atoms with van der Waals surface area (Å²) in [5, 5.41) is 11.6. The van der Waals surface area contributed by atoms with Crippen molar-refractivity contribution in [2.24, 2.45) is 35.5 Å². The van der Waals surface area contributed by atoms with Crippen LogP contribution in [0.25, 0.3) is 44.9 Å². The van der Waals surface area contributed by atoms with Crippen LogP contribution in [-0.2, 0) is 10.8 Å². The summed E-state index contributed by atoms with van der Waals surface area (Å²) in [5.41, 5.74) is 7.20. The molecular formula is C48H52N4. The van der Waals surface area contributed by atoms with Gasteiger partial charge in [-0.05, 0) is 145 Å². The van der Waals surface area contributed by atoms with Crippen LogP contribution in [0, 0.1) is 46.8 Å². The van der Waals surface area contributed by atoms with E-state index in [0.717, 1.165) is 63.0 Å². The molecule has 4 bridgehead atoms. The number of nitriles is 1. The van der Waals surface area contributed by atoms with Crippen molar-refractivity contribution in [1.29, 1.82) is 5.26 Å². The smallest absolute Gasteiger partial charge is 0.164 e. The van der Waals surface area contributed by atoms with Crippen LogP contribution in [0.3, 0.4) is 0 Å². The predicted molar refractivity (Wildman–Crippen MR) is 212 cm³/mol. The van der Waals surface area contributed by atoms with Gasteiger partial charge < -0.3 is 0 Å². The number of benzene rings is 4. The molecule has 4 nitrogen and oxygen atoms in total. The average Bonchev–Trinajstić information content (AvgIpc) is 3.13. The lowest BCUT2D eigenvalue weighted by molar-refractivity contribution is 0.0779. The van der Waals surface area contributed by atoms with E-state index in [0.29, 0.717) is 23.0 Å². The molecule has 0 N–H and O–H groups in total. The summed E-state index contributed by atoms with van der Waals surface area (Å²) in [6, 6.07) is 32.9. The molecule has 4 saturated carbocycles. The highest BCUT2D eigenvalue weighted by atomic mass is 15.0. The molecule has 0 radical (unpaired) electrons. The maximum Gasteiger partial charge on any atom is 0.164 e. The molecule has 52 heavy (non-hydrogen) atoms. The normalized spacial score (nSPS) is 31.2. The first-order valence-electron chi connectivity index (χ1n) is 20.1. The molecule has 1 heterocycles. The van der Waals surface area contributed by atoms with Crippen LogP contribution in [0.1, 0.15) is 109 Å². The maximum absolute atomic E-state index is 9.58. The van der Waals surface area contributed by atoms with Crippen LogP contribution in [0.15, 0.2) is 84.9 Å². The quantitative estimate of drug-likeness (QED) is 0.185. The van der Waals surface area contributed by atoms with Crippen LogP contribution in [0.2, 0.25) is 0 Å². The number of nitrogens with zero attached hydrogens (tertiary/aromatic N) is 4. The second kappa shape index (κ2) is 12.9. The Balaban J connectivity index is 1.12. The zero-order valence-electron chi connectivity index (χ0n) is 31.4. The van der Waals surface area contributed by atoms with Gasteiger partial charge in [0, 0.05) is 16.7 Å². The minimum absolute atomic E-state index is 0.284. The van der Waals surface area contributed by atoms with Gasteiger partial charge in [-0.15, -0.1) is 0 Å². The van der Waals surface area contributed by atoms with Gasteiger partial charge in [0.15, 0.2) is 17.5 Å². The zero-order valence-corrected chi connectivity index (χ0v) is 31.4. The summed E-state index contributed by atoms with van der Waals surface area (Å²) in [6.45, 7) is 9.84. The number of fused-ring (bicyclic) bond motifs is 5. The SMILES string of the molecule is C[C@@H]1C[C@@H]2C[C@H](C)CC(c3ccc(-c4nc(-c5ccc(C67C[C@H](C)C[C@H](C[C@H](C)C6)C7)cc5)nc(-c5cccc6cc(C#N)ccc56)n4)cc3)(C1)C2. The van der Waals surface area contributed by atoms with E-state index in [1.165, 1.54) is 75.3 Å². The fourth-order valence-electron chi connectivity index (χ4n) is 12.4. The highest BCUT2D eigenvalue weighted by molar-refractivity contribution is 5.96. The number of rotatable bonds is 5. The first-order chi connectivity index (χ1) is 25.2. The summed E-state index contributed by atoms with van der Waals surface area (Å²) in [7, 11) is 0. The first kappa shape index (κ1) is 33.5. The van der Waals surface area contributed by atoms with Gasteiger partial charge in [-0.1, -0.05) is 100 Å². The molecule has 4 aromatic carbocycles. The summed E-state index contributed by atoms with van der Waals surface area (Å²) in [6.07, 6.45) is 13.3. The van der Waals surface area contributed by atoms with Crippen molar-refractivity contribution in [1.82, 2.24) is 15.0 Å². The molecule has 4 aliphatic rings. The third-order valence-corrected chi connectivity index (χ3v) is 13.7. The minimum Gasteiger partial charge on any atom is -0.208 e. The fraction of sp³-hybridized carbons (Fsp3) is 0.458. The molecule has 1 aromatic heterocycles. The number of hydrogen-bond acceptors (Lipinski definition) is 4. The maximum atomic E-state index is 9.58. The largest absolute Gasteiger partial charge is 0.208 e. The van der Waals surface area contributed by atoms with Crippen molar-refractivity contribution in [3.8, 4) is 40.2 Å². The van der Waals surface area contributed by atoms with Crippen molar-refractivity contribution < 1.29 is 0 Å². The topological polar surface area (TPSA) is 62.5 Å². The van der Waals surface area contributed by atoms with Gasteiger partial charge in [-0.25, -0.2) is 15.0 Å². The van der Waals surface area contributed by atoms with E-state index in [4.69, 9.17) is 15.0 Å². The number of aromatic nitrogens is 3. The second-order valence-corrected chi connectivity index (χ2v) is 18.2. The zero-order chi connectivity index (χ0) is 35.6. The van der Waals surface area contributed by atoms with Gasteiger partial charge in [0.05, 0.1) is 11.6 Å². The lowest BCUT2D eigenvalue weighted by atomic mass is 9.54. The van der Waals surface area contributed by atoms with Gasteiger partial charge >= 0.3 is 0 Å². The molecular weight excluding hydrogens is 633 g/mol. The van der Waals surface area contributed by atoms with E-state index in [1.807, 2.05) is 24.3 Å².